The second kappa shape index (κ2) is 4.35. The minimum absolute atomic E-state index is 0.167. The van der Waals surface area contributed by atoms with Crippen molar-refractivity contribution < 1.29 is 4.74 Å². The van der Waals surface area contributed by atoms with Crippen molar-refractivity contribution in [3.63, 3.8) is 0 Å². The fourth-order valence-electron chi connectivity index (χ4n) is 1.73. The summed E-state index contributed by atoms with van der Waals surface area (Å²) in [5.74, 6) is 0. The van der Waals surface area contributed by atoms with Crippen LogP contribution in [0.1, 0.15) is 24.5 Å². The van der Waals surface area contributed by atoms with Crippen LogP contribution in [0, 0.1) is 6.92 Å². The summed E-state index contributed by atoms with van der Waals surface area (Å²) in [5.41, 5.74) is 3.94. The van der Waals surface area contributed by atoms with Gasteiger partial charge in [0.1, 0.15) is 6.10 Å². The van der Waals surface area contributed by atoms with Gasteiger partial charge in [-0.1, -0.05) is 29.8 Å². The number of benzene rings is 1. The maximum Gasteiger partial charge on any atom is 0.114 e. The normalized spacial score (nSPS) is 20.4. The number of aryl methyl sites for hydroxylation is 1. The molecular weight excluding hydrogens is 184 g/mol. The minimum Gasteiger partial charge on any atom is -0.495 e. The summed E-state index contributed by atoms with van der Waals surface area (Å²) >= 11 is 0. The second-order valence-electron chi connectivity index (χ2n) is 3.98. The van der Waals surface area contributed by atoms with Crippen molar-refractivity contribution in [2.45, 2.75) is 26.4 Å². The first-order valence-electron chi connectivity index (χ1n) is 5.34. The molecule has 0 saturated carbocycles. The molecule has 0 fully saturated rings. The largest absolute Gasteiger partial charge is 0.495 e. The summed E-state index contributed by atoms with van der Waals surface area (Å²) in [4.78, 5) is 0. The first kappa shape index (κ1) is 10.0. The molecular formula is C14H16O. The van der Waals surface area contributed by atoms with Crippen molar-refractivity contribution in [3.05, 3.63) is 53.8 Å². The van der Waals surface area contributed by atoms with Crippen LogP contribution in [0.15, 0.2) is 42.7 Å². The SMILES string of the molecule is Cc1ccc(C2=CC(C)OC=CC2)cc1. The molecule has 1 aliphatic heterocycles. The van der Waals surface area contributed by atoms with Gasteiger partial charge in [0.2, 0.25) is 0 Å². The predicted octanol–water partition coefficient (Wildman–Crippen LogP) is 3.70. The van der Waals surface area contributed by atoms with Gasteiger partial charge in [0.15, 0.2) is 0 Å². The summed E-state index contributed by atoms with van der Waals surface area (Å²) < 4.78 is 5.42. The van der Waals surface area contributed by atoms with E-state index in [1.165, 1.54) is 16.7 Å². The molecule has 0 bridgehead atoms. The van der Waals surface area contributed by atoms with E-state index in [4.69, 9.17) is 4.74 Å². The Kier molecular flexibility index (Phi) is 2.91. The van der Waals surface area contributed by atoms with E-state index in [2.05, 4.69) is 50.3 Å². The Bertz CT molecular complexity index is 384. The summed E-state index contributed by atoms with van der Waals surface area (Å²) in [5, 5.41) is 0. The number of ether oxygens (including phenoxy) is 1. The standard InChI is InChI=1S/C14H16O/c1-11-5-7-13(8-6-11)14-4-3-9-15-12(2)10-14/h3,5-10,12H,4H2,1-2H3. The molecule has 1 unspecified atom stereocenters. The molecule has 0 spiro atoms. The van der Waals surface area contributed by atoms with Crippen LogP contribution in [0.2, 0.25) is 0 Å². The monoisotopic (exact) mass is 200 g/mol. The van der Waals surface area contributed by atoms with Crippen LogP contribution in [0.3, 0.4) is 0 Å². The van der Waals surface area contributed by atoms with Crippen LogP contribution in [0.4, 0.5) is 0 Å². The van der Waals surface area contributed by atoms with Crippen LogP contribution in [-0.4, -0.2) is 6.10 Å². The van der Waals surface area contributed by atoms with Gasteiger partial charge in [0, 0.05) is 0 Å². The van der Waals surface area contributed by atoms with E-state index >= 15 is 0 Å². The Morgan fingerprint density at radius 1 is 1.20 bits per heavy atom. The lowest BCUT2D eigenvalue weighted by molar-refractivity contribution is 0.205. The molecule has 0 saturated heterocycles. The molecule has 1 nitrogen and oxygen atoms in total. The summed E-state index contributed by atoms with van der Waals surface area (Å²) in [7, 11) is 0. The molecule has 0 aromatic heterocycles. The lowest BCUT2D eigenvalue weighted by Gasteiger charge is -2.07. The number of rotatable bonds is 1. The van der Waals surface area contributed by atoms with Gasteiger partial charge in [0.05, 0.1) is 6.26 Å². The molecule has 1 aliphatic rings. The lowest BCUT2D eigenvalue weighted by Crippen LogP contribution is -1.98. The average molecular weight is 200 g/mol. The molecule has 0 radical (unpaired) electrons. The third kappa shape index (κ3) is 2.50. The summed E-state index contributed by atoms with van der Waals surface area (Å²) in [6.07, 6.45) is 7.16. The van der Waals surface area contributed by atoms with Gasteiger partial charge in [-0.25, -0.2) is 0 Å². The van der Waals surface area contributed by atoms with E-state index in [9.17, 15) is 0 Å². The third-order valence-corrected chi connectivity index (χ3v) is 2.59. The van der Waals surface area contributed by atoms with Crippen LogP contribution in [0.25, 0.3) is 5.57 Å². The van der Waals surface area contributed by atoms with Gasteiger partial charge in [-0.2, -0.15) is 0 Å². The molecule has 0 amide bonds. The molecule has 1 atom stereocenters. The minimum atomic E-state index is 0.167. The summed E-state index contributed by atoms with van der Waals surface area (Å²) in [6.45, 7) is 4.17. The van der Waals surface area contributed by atoms with Gasteiger partial charge in [-0.3, -0.25) is 0 Å². The highest BCUT2D eigenvalue weighted by atomic mass is 16.5. The molecule has 1 heterocycles. The van der Waals surface area contributed by atoms with Crippen molar-refractivity contribution in [2.75, 3.05) is 0 Å². The highest BCUT2D eigenvalue weighted by molar-refractivity contribution is 5.67. The average Bonchev–Trinajstić information content (AvgIpc) is 2.44. The Hall–Kier alpha value is -1.50. The van der Waals surface area contributed by atoms with Gasteiger partial charge in [-0.05, 0) is 43.6 Å². The quantitative estimate of drug-likeness (QED) is 0.671. The van der Waals surface area contributed by atoms with E-state index < -0.39 is 0 Å². The molecule has 15 heavy (non-hydrogen) atoms. The van der Waals surface area contributed by atoms with E-state index in [0.29, 0.717) is 0 Å². The fraction of sp³-hybridized carbons (Fsp3) is 0.286. The second-order valence-corrected chi connectivity index (χ2v) is 3.98. The zero-order chi connectivity index (χ0) is 10.7. The molecule has 0 N–H and O–H groups in total. The van der Waals surface area contributed by atoms with Crippen LogP contribution < -0.4 is 0 Å². The van der Waals surface area contributed by atoms with Gasteiger partial charge >= 0.3 is 0 Å². The van der Waals surface area contributed by atoms with E-state index in [-0.39, 0.29) is 6.10 Å². The number of allylic oxidation sites excluding steroid dienone is 2. The smallest absolute Gasteiger partial charge is 0.114 e. The van der Waals surface area contributed by atoms with E-state index in [1.54, 1.807) is 6.26 Å². The summed E-state index contributed by atoms with van der Waals surface area (Å²) in [6, 6.07) is 8.65. The fourth-order valence-corrected chi connectivity index (χ4v) is 1.73. The Labute approximate surface area is 91.1 Å². The van der Waals surface area contributed by atoms with E-state index in [1.807, 2.05) is 0 Å². The molecule has 1 aromatic rings. The molecule has 0 aliphatic carbocycles. The maximum absolute atomic E-state index is 5.42. The highest BCUT2D eigenvalue weighted by Gasteiger charge is 2.06. The highest BCUT2D eigenvalue weighted by Crippen LogP contribution is 2.22. The Balaban J connectivity index is 2.29. The van der Waals surface area contributed by atoms with Crippen molar-refractivity contribution in [3.8, 4) is 0 Å². The third-order valence-electron chi connectivity index (χ3n) is 2.59. The van der Waals surface area contributed by atoms with Gasteiger partial charge < -0.3 is 4.74 Å². The Morgan fingerprint density at radius 3 is 2.67 bits per heavy atom. The van der Waals surface area contributed by atoms with Crippen LogP contribution >= 0.6 is 0 Å². The van der Waals surface area contributed by atoms with Gasteiger partial charge in [0.25, 0.3) is 0 Å². The predicted molar refractivity (Wildman–Crippen MR) is 63.5 cm³/mol. The Morgan fingerprint density at radius 2 is 1.93 bits per heavy atom. The number of hydrogen-bond acceptors (Lipinski definition) is 1. The topological polar surface area (TPSA) is 9.23 Å². The van der Waals surface area contributed by atoms with Gasteiger partial charge in [-0.15, -0.1) is 0 Å². The van der Waals surface area contributed by atoms with E-state index in [0.717, 1.165) is 6.42 Å². The van der Waals surface area contributed by atoms with Crippen molar-refractivity contribution in [1.82, 2.24) is 0 Å². The zero-order valence-electron chi connectivity index (χ0n) is 9.23. The lowest BCUT2D eigenvalue weighted by atomic mass is 10.0. The zero-order valence-corrected chi connectivity index (χ0v) is 9.23. The van der Waals surface area contributed by atoms with Crippen molar-refractivity contribution >= 4 is 5.57 Å². The molecule has 78 valence electrons. The van der Waals surface area contributed by atoms with Crippen LogP contribution in [-0.2, 0) is 4.74 Å². The molecule has 2 rings (SSSR count). The van der Waals surface area contributed by atoms with Crippen molar-refractivity contribution in [2.24, 2.45) is 0 Å². The van der Waals surface area contributed by atoms with Crippen LogP contribution in [0.5, 0.6) is 0 Å². The number of hydrogen-bond donors (Lipinski definition) is 0. The first-order chi connectivity index (χ1) is 7.25. The molecule has 1 heteroatoms. The maximum atomic E-state index is 5.42. The molecule has 1 aromatic carbocycles. The van der Waals surface area contributed by atoms with Crippen molar-refractivity contribution in [1.29, 1.82) is 0 Å². The first-order valence-corrected chi connectivity index (χ1v) is 5.34.